The van der Waals surface area contributed by atoms with Crippen molar-refractivity contribution in [1.29, 1.82) is 0 Å². The maximum absolute atomic E-state index is 12.9. The van der Waals surface area contributed by atoms with Gasteiger partial charge in [0.25, 0.3) is 5.91 Å². The van der Waals surface area contributed by atoms with E-state index in [9.17, 15) is 9.90 Å². The Morgan fingerprint density at radius 3 is 2.69 bits per heavy atom. The first kappa shape index (κ1) is 22.0. The molecule has 0 aliphatic heterocycles. The van der Waals surface area contributed by atoms with Crippen molar-refractivity contribution in [2.75, 3.05) is 0 Å². The molecular formula is C26H29N3O3. The molecule has 0 spiro atoms. The summed E-state index contributed by atoms with van der Waals surface area (Å²) in [7, 11) is 0. The molecule has 3 aromatic rings. The number of nitrogens with one attached hydrogen (secondary N) is 1. The fourth-order valence-electron chi connectivity index (χ4n) is 4.23. The van der Waals surface area contributed by atoms with Gasteiger partial charge in [-0.1, -0.05) is 25.0 Å². The number of pyridine rings is 2. The summed E-state index contributed by atoms with van der Waals surface area (Å²) in [6.07, 6.45) is 10.2. The van der Waals surface area contributed by atoms with Gasteiger partial charge in [0.15, 0.2) is 0 Å². The molecule has 4 rings (SSSR count). The van der Waals surface area contributed by atoms with Gasteiger partial charge >= 0.3 is 0 Å². The van der Waals surface area contributed by atoms with Crippen LogP contribution in [-0.2, 0) is 6.61 Å². The van der Waals surface area contributed by atoms with E-state index in [1.165, 1.54) is 0 Å². The van der Waals surface area contributed by atoms with Crippen LogP contribution in [0.3, 0.4) is 0 Å². The largest absolute Gasteiger partial charge is 0.488 e. The van der Waals surface area contributed by atoms with Crippen molar-refractivity contribution < 1.29 is 14.6 Å². The second-order valence-electron chi connectivity index (χ2n) is 8.43. The molecule has 0 unspecified atom stereocenters. The average molecular weight is 432 g/mol. The highest BCUT2D eigenvalue weighted by Gasteiger charge is 2.26. The van der Waals surface area contributed by atoms with E-state index >= 15 is 0 Å². The Morgan fingerprint density at radius 2 is 1.91 bits per heavy atom. The molecule has 2 atom stereocenters. The Kier molecular flexibility index (Phi) is 6.81. The number of aromatic nitrogens is 2. The maximum Gasteiger partial charge on any atom is 0.251 e. The Labute approximate surface area is 188 Å². The minimum atomic E-state index is -0.478. The van der Waals surface area contributed by atoms with Crippen molar-refractivity contribution in [2.45, 2.75) is 58.3 Å². The van der Waals surface area contributed by atoms with Crippen molar-refractivity contribution in [3.05, 3.63) is 77.4 Å². The van der Waals surface area contributed by atoms with Gasteiger partial charge in [-0.15, -0.1) is 0 Å². The number of aliphatic hydroxyl groups is 1. The predicted octanol–water partition coefficient (Wildman–Crippen LogP) is 4.37. The molecule has 1 amide bonds. The third-order valence-corrected chi connectivity index (χ3v) is 6.07. The molecule has 1 aliphatic rings. The number of carbonyl (C=O) groups is 1. The first-order valence-electron chi connectivity index (χ1n) is 11.1. The number of rotatable bonds is 6. The lowest BCUT2D eigenvalue weighted by Crippen LogP contribution is -2.45. The van der Waals surface area contributed by atoms with Gasteiger partial charge in [-0.3, -0.25) is 14.8 Å². The quantitative estimate of drug-likeness (QED) is 0.605. The molecule has 2 N–H and O–H groups in total. The van der Waals surface area contributed by atoms with E-state index in [1.807, 2.05) is 50.4 Å². The number of amides is 1. The van der Waals surface area contributed by atoms with E-state index in [2.05, 4.69) is 15.3 Å². The van der Waals surface area contributed by atoms with Crippen LogP contribution in [0, 0.1) is 13.8 Å². The summed E-state index contributed by atoms with van der Waals surface area (Å²) in [5, 5.41) is 13.2. The van der Waals surface area contributed by atoms with Gasteiger partial charge in [-0.05, 0) is 50.5 Å². The van der Waals surface area contributed by atoms with Crippen LogP contribution in [0.25, 0.3) is 11.1 Å². The summed E-state index contributed by atoms with van der Waals surface area (Å²) >= 11 is 0. The lowest BCUT2D eigenvalue weighted by Gasteiger charge is -2.28. The van der Waals surface area contributed by atoms with Crippen LogP contribution in [0.15, 0.2) is 55.1 Å². The van der Waals surface area contributed by atoms with Crippen LogP contribution in [0.1, 0.15) is 52.7 Å². The molecular weight excluding hydrogens is 402 g/mol. The Morgan fingerprint density at radius 1 is 1.09 bits per heavy atom. The van der Waals surface area contributed by atoms with E-state index in [1.54, 1.807) is 18.6 Å². The van der Waals surface area contributed by atoms with Gasteiger partial charge in [0.1, 0.15) is 12.4 Å². The third-order valence-electron chi connectivity index (χ3n) is 6.07. The zero-order chi connectivity index (χ0) is 22.5. The lowest BCUT2D eigenvalue weighted by atomic mass is 9.92. The van der Waals surface area contributed by atoms with Crippen LogP contribution < -0.4 is 10.1 Å². The summed E-state index contributed by atoms with van der Waals surface area (Å²) in [6, 6.07) is 9.46. The highest BCUT2D eigenvalue weighted by molar-refractivity contribution is 5.96. The second-order valence-corrected chi connectivity index (χ2v) is 8.43. The van der Waals surface area contributed by atoms with Crippen molar-refractivity contribution in [1.82, 2.24) is 15.3 Å². The van der Waals surface area contributed by atoms with Gasteiger partial charge in [0, 0.05) is 52.6 Å². The van der Waals surface area contributed by atoms with Crippen LogP contribution in [0.4, 0.5) is 0 Å². The number of nitrogens with zero attached hydrogens (tertiary/aromatic N) is 2. The number of hydrogen-bond donors (Lipinski definition) is 2. The number of aliphatic hydroxyl groups excluding tert-OH is 1. The average Bonchev–Trinajstić information content (AvgIpc) is 2.81. The normalized spacial score (nSPS) is 18.2. The monoisotopic (exact) mass is 431 g/mol. The standard InChI is InChI=1S/C26H29N3O3/c1-17-9-10-22(26(31)29-23-7-3-4-8-24(23)30)18(2)25(17)32-16-19-12-21(15-28-13-19)20-6-5-11-27-14-20/h5-6,9-15,23-24,30H,3-4,7-8,16H2,1-2H3,(H,29,31)/t23-,24-/m0/s1. The zero-order valence-corrected chi connectivity index (χ0v) is 18.5. The Bertz CT molecular complexity index is 1080. The molecule has 0 bridgehead atoms. The third kappa shape index (κ3) is 4.97. The summed E-state index contributed by atoms with van der Waals surface area (Å²) in [5.41, 5.74) is 5.25. The molecule has 1 fully saturated rings. The van der Waals surface area contributed by atoms with Crippen molar-refractivity contribution in [3.8, 4) is 16.9 Å². The molecule has 166 valence electrons. The van der Waals surface area contributed by atoms with Crippen LogP contribution in [0.2, 0.25) is 0 Å². The molecule has 1 saturated carbocycles. The molecule has 6 nitrogen and oxygen atoms in total. The van der Waals surface area contributed by atoms with E-state index in [-0.39, 0.29) is 11.9 Å². The molecule has 0 saturated heterocycles. The van der Waals surface area contributed by atoms with E-state index in [4.69, 9.17) is 4.74 Å². The number of carbonyl (C=O) groups excluding carboxylic acids is 1. The van der Waals surface area contributed by atoms with Gasteiger partial charge in [-0.25, -0.2) is 0 Å². The van der Waals surface area contributed by atoms with E-state index in [0.29, 0.717) is 17.9 Å². The van der Waals surface area contributed by atoms with Gasteiger partial charge in [0.05, 0.1) is 12.1 Å². The summed E-state index contributed by atoms with van der Waals surface area (Å²) in [4.78, 5) is 21.4. The summed E-state index contributed by atoms with van der Waals surface area (Å²) in [5.74, 6) is 0.534. The first-order valence-corrected chi connectivity index (χ1v) is 11.1. The van der Waals surface area contributed by atoms with Gasteiger partial charge in [0.2, 0.25) is 0 Å². The predicted molar refractivity (Wildman–Crippen MR) is 123 cm³/mol. The fourth-order valence-corrected chi connectivity index (χ4v) is 4.23. The molecule has 0 radical (unpaired) electrons. The molecule has 1 aromatic carbocycles. The molecule has 6 heteroatoms. The fraction of sp³-hybridized carbons (Fsp3) is 0.346. The van der Waals surface area contributed by atoms with Crippen LogP contribution >= 0.6 is 0 Å². The Hall–Kier alpha value is -3.25. The SMILES string of the molecule is Cc1ccc(C(=O)N[C@H]2CCCC[C@@H]2O)c(C)c1OCc1cncc(-c2cccnc2)c1. The van der Waals surface area contributed by atoms with Crippen molar-refractivity contribution in [2.24, 2.45) is 0 Å². The topological polar surface area (TPSA) is 84.3 Å². The summed E-state index contributed by atoms with van der Waals surface area (Å²) < 4.78 is 6.16. The highest BCUT2D eigenvalue weighted by Crippen LogP contribution is 2.28. The molecule has 1 aliphatic carbocycles. The van der Waals surface area contributed by atoms with Crippen LogP contribution in [0.5, 0.6) is 5.75 Å². The maximum atomic E-state index is 12.9. The van der Waals surface area contributed by atoms with Gasteiger partial charge < -0.3 is 15.2 Å². The molecule has 32 heavy (non-hydrogen) atoms. The number of benzene rings is 1. The smallest absolute Gasteiger partial charge is 0.251 e. The highest BCUT2D eigenvalue weighted by atomic mass is 16.5. The van der Waals surface area contributed by atoms with Crippen molar-refractivity contribution >= 4 is 5.91 Å². The second kappa shape index (κ2) is 9.92. The number of ether oxygens (including phenoxy) is 1. The Balaban J connectivity index is 1.49. The first-order chi connectivity index (χ1) is 15.5. The van der Waals surface area contributed by atoms with Crippen molar-refractivity contribution in [3.63, 3.8) is 0 Å². The van der Waals surface area contributed by atoms with Crippen LogP contribution in [-0.4, -0.2) is 33.1 Å². The molecule has 2 heterocycles. The minimum absolute atomic E-state index is 0.168. The lowest BCUT2D eigenvalue weighted by molar-refractivity contribution is 0.0716. The molecule has 2 aromatic heterocycles. The van der Waals surface area contributed by atoms with Gasteiger partial charge in [-0.2, -0.15) is 0 Å². The number of hydrogen-bond acceptors (Lipinski definition) is 5. The minimum Gasteiger partial charge on any atom is -0.488 e. The van der Waals surface area contributed by atoms with E-state index in [0.717, 1.165) is 53.5 Å². The summed E-state index contributed by atoms with van der Waals surface area (Å²) in [6.45, 7) is 4.22. The van der Waals surface area contributed by atoms with E-state index < -0.39 is 6.10 Å². The zero-order valence-electron chi connectivity index (χ0n) is 18.5. The number of aryl methyl sites for hydroxylation is 1.